The number of imidazole rings is 1. The van der Waals surface area contributed by atoms with Gasteiger partial charge in [0.25, 0.3) is 0 Å². The van der Waals surface area contributed by atoms with Crippen LogP contribution in [0, 0.1) is 11.3 Å². The molecular formula is C21H17N5. The van der Waals surface area contributed by atoms with Gasteiger partial charge in [-0.3, -0.25) is 14.4 Å². The van der Waals surface area contributed by atoms with Crippen LogP contribution in [0.25, 0.3) is 28.2 Å². The molecule has 0 aliphatic heterocycles. The maximum absolute atomic E-state index is 9.27. The van der Waals surface area contributed by atoms with Crippen molar-refractivity contribution >= 4 is 5.65 Å². The van der Waals surface area contributed by atoms with Gasteiger partial charge in [-0.05, 0) is 36.2 Å². The lowest BCUT2D eigenvalue weighted by Crippen LogP contribution is -1.97. The van der Waals surface area contributed by atoms with Crippen molar-refractivity contribution in [2.45, 2.75) is 19.8 Å². The van der Waals surface area contributed by atoms with Gasteiger partial charge in [0.1, 0.15) is 17.4 Å². The normalized spacial score (nSPS) is 11.0. The zero-order valence-electron chi connectivity index (χ0n) is 14.6. The Labute approximate surface area is 151 Å². The second-order valence-corrected chi connectivity index (χ2v) is 6.40. The summed E-state index contributed by atoms with van der Waals surface area (Å²) in [6.07, 6.45) is 5.28. The second-order valence-electron chi connectivity index (χ2n) is 6.40. The molecule has 5 heteroatoms. The fourth-order valence-electron chi connectivity index (χ4n) is 2.97. The van der Waals surface area contributed by atoms with Crippen molar-refractivity contribution in [3.63, 3.8) is 0 Å². The molecule has 4 rings (SSSR count). The van der Waals surface area contributed by atoms with Crippen molar-refractivity contribution < 1.29 is 0 Å². The Morgan fingerprint density at radius 1 is 1.04 bits per heavy atom. The van der Waals surface area contributed by atoms with Crippen molar-refractivity contribution in [1.29, 1.82) is 5.26 Å². The van der Waals surface area contributed by atoms with Gasteiger partial charge in [-0.1, -0.05) is 26.0 Å². The molecule has 0 aromatic carbocycles. The number of aromatic nitrogens is 4. The Balaban J connectivity index is 1.89. The highest BCUT2D eigenvalue weighted by molar-refractivity contribution is 5.79. The van der Waals surface area contributed by atoms with Crippen LogP contribution in [-0.4, -0.2) is 19.4 Å². The van der Waals surface area contributed by atoms with E-state index in [1.54, 1.807) is 16.8 Å². The molecule has 0 aliphatic rings. The van der Waals surface area contributed by atoms with Gasteiger partial charge in [-0.2, -0.15) is 5.26 Å². The highest BCUT2D eigenvalue weighted by Gasteiger charge is 2.13. The molecule has 0 aliphatic carbocycles. The van der Waals surface area contributed by atoms with Crippen LogP contribution in [0.15, 0.2) is 61.1 Å². The third-order valence-electron chi connectivity index (χ3n) is 4.34. The first-order valence-corrected chi connectivity index (χ1v) is 8.47. The van der Waals surface area contributed by atoms with Crippen LogP contribution in [0.2, 0.25) is 0 Å². The molecule has 4 aromatic rings. The molecule has 0 saturated carbocycles. The summed E-state index contributed by atoms with van der Waals surface area (Å²) in [7, 11) is 0. The third-order valence-corrected chi connectivity index (χ3v) is 4.34. The number of hydrogen-bond donors (Lipinski definition) is 0. The van der Waals surface area contributed by atoms with Gasteiger partial charge in [0.2, 0.25) is 0 Å². The van der Waals surface area contributed by atoms with Crippen LogP contribution in [-0.2, 0) is 0 Å². The molecule has 5 nitrogen and oxygen atoms in total. The minimum absolute atomic E-state index is 0.350. The molecule has 0 bridgehead atoms. The van der Waals surface area contributed by atoms with E-state index in [1.165, 1.54) is 0 Å². The van der Waals surface area contributed by atoms with Crippen molar-refractivity contribution in [3.05, 3.63) is 72.4 Å². The number of hydrogen-bond acceptors (Lipinski definition) is 4. The quantitative estimate of drug-likeness (QED) is 0.553. The zero-order chi connectivity index (χ0) is 18.1. The lowest BCUT2D eigenvalue weighted by atomic mass is 10.0. The number of nitrogens with zero attached hydrogens (tertiary/aromatic N) is 5. The van der Waals surface area contributed by atoms with Crippen LogP contribution >= 0.6 is 0 Å². The molecule has 4 aromatic heterocycles. The molecule has 0 amide bonds. The van der Waals surface area contributed by atoms with Gasteiger partial charge in [0.15, 0.2) is 0 Å². The Morgan fingerprint density at radius 3 is 2.73 bits per heavy atom. The smallest absolute Gasteiger partial charge is 0.144 e. The van der Waals surface area contributed by atoms with Crippen LogP contribution in [0.4, 0.5) is 0 Å². The zero-order valence-corrected chi connectivity index (χ0v) is 14.6. The first-order chi connectivity index (χ1) is 12.7. The fraction of sp³-hybridized carbons (Fsp3) is 0.143. The van der Waals surface area contributed by atoms with Gasteiger partial charge in [-0.15, -0.1) is 0 Å². The summed E-state index contributed by atoms with van der Waals surface area (Å²) in [5, 5.41) is 9.27. The van der Waals surface area contributed by atoms with E-state index in [0.29, 0.717) is 11.6 Å². The van der Waals surface area contributed by atoms with Crippen LogP contribution in [0.5, 0.6) is 0 Å². The first kappa shape index (κ1) is 16.0. The summed E-state index contributed by atoms with van der Waals surface area (Å²) < 4.78 is 1.80. The fourth-order valence-corrected chi connectivity index (χ4v) is 2.97. The molecule has 4 heterocycles. The molecule has 126 valence electrons. The molecule has 0 unspecified atom stereocenters. The minimum Gasteiger partial charge on any atom is -0.291 e. The maximum atomic E-state index is 9.27. The van der Waals surface area contributed by atoms with E-state index >= 15 is 0 Å². The van der Waals surface area contributed by atoms with Crippen LogP contribution in [0.3, 0.4) is 0 Å². The molecule has 0 radical (unpaired) electrons. The Bertz CT molecular complexity index is 1130. The van der Waals surface area contributed by atoms with Gasteiger partial charge >= 0.3 is 0 Å². The van der Waals surface area contributed by atoms with E-state index in [9.17, 15) is 5.26 Å². The average Bonchev–Trinajstić information content (AvgIpc) is 3.10. The van der Waals surface area contributed by atoms with E-state index in [2.05, 4.69) is 29.9 Å². The molecular weight excluding hydrogens is 322 g/mol. The highest BCUT2D eigenvalue weighted by atomic mass is 15.0. The number of fused-ring (bicyclic) bond motifs is 1. The average molecular weight is 339 g/mol. The van der Waals surface area contributed by atoms with Crippen molar-refractivity contribution in [2.75, 3.05) is 0 Å². The van der Waals surface area contributed by atoms with E-state index < -0.39 is 0 Å². The van der Waals surface area contributed by atoms with Crippen molar-refractivity contribution in [3.8, 4) is 28.6 Å². The van der Waals surface area contributed by atoms with E-state index in [4.69, 9.17) is 4.98 Å². The molecule has 0 fully saturated rings. The van der Waals surface area contributed by atoms with E-state index in [1.807, 2.05) is 48.7 Å². The van der Waals surface area contributed by atoms with Crippen LogP contribution in [0.1, 0.15) is 31.2 Å². The number of pyridine rings is 3. The summed E-state index contributed by atoms with van der Waals surface area (Å²) in [6.45, 7) is 4.25. The summed E-state index contributed by atoms with van der Waals surface area (Å²) in [6, 6.07) is 16.0. The molecule has 26 heavy (non-hydrogen) atoms. The Morgan fingerprint density at radius 2 is 1.92 bits per heavy atom. The van der Waals surface area contributed by atoms with Crippen molar-refractivity contribution in [1.82, 2.24) is 19.4 Å². The minimum atomic E-state index is 0.350. The number of nitriles is 1. The summed E-state index contributed by atoms with van der Waals surface area (Å²) >= 11 is 0. The Hall–Kier alpha value is -3.52. The Kier molecular flexibility index (Phi) is 3.94. The largest absolute Gasteiger partial charge is 0.291 e. The number of rotatable bonds is 3. The lowest BCUT2D eigenvalue weighted by Gasteiger charge is -2.11. The molecule has 0 saturated heterocycles. The lowest BCUT2D eigenvalue weighted by molar-refractivity contribution is 0.824. The second kappa shape index (κ2) is 6.41. The van der Waals surface area contributed by atoms with Gasteiger partial charge < -0.3 is 0 Å². The predicted molar refractivity (Wildman–Crippen MR) is 100 cm³/mol. The van der Waals surface area contributed by atoms with E-state index in [-0.39, 0.29) is 0 Å². The van der Waals surface area contributed by atoms with Gasteiger partial charge in [0.05, 0.1) is 17.6 Å². The van der Waals surface area contributed by atoms with E-state index in [0.717, 1.165) is 33.9 Å². The standard InChI is InChI=1S/C21H17N5/c1-14(2)18-6-3-7-19(25-18)21-17(5-4-10-23-21)15-8-9-20-24-12-16(11-22)26(20)13-15/h3-10,12-14H,1-2H3. The first-order valence-electron chi connectivity index (χ1n) is 8.47. The van der Waals surface area contributed by atoms with Crippen molar-refractivity contribution in [2.24, 2.45) is 0 Å². The van der Waals surface area contributed by atoms with Gasteiger partial charge in [0, 0.05) is 29.2 Å². The summed E-state index contributed by atoms with van der Waals surface area (Å²) in [5.41, 5.74) is 5.90. The third kappa shape index (κ3) is 2.72. The molecule has 0 N–H and O–H groups in total. The SMILES string of the molecule is CC(C)c1cccc(-c2ncccc2-c2ccc3ncc(C#N)n3c2)n1. The van der Waals surface area contributed by atoms with Crippen LogP contribution < -0.4 is 0 Å². The molecule has 0 spiro atoms. The highest BCUT2D eigenvalue weighted by Crippen LogP contribution is 2.30. The monoisotopic (exact) mass is 339 g/mol. The maximum Gasteiger partial charge on any atom is 0.144 e. The predicted octanol–water partition coefficient (Wildman–Crippen LogP) is 4.45. The summed E-state index contributed by atoms with van der Waals surface area (Å²) in [4.78, 5) is 13.6. The molecule has 0 atom stereocenters. The van der Waals surface area contributed by atoms with Gasteiger partial charge in [-0.25, -0.2) is 4.98 Å². The topological polar surface area (TPSA) is 66.9 Å². The summed E-state index contributed by atoms with van der Waals surface area (Å²) in [5.74, 6) is 0.350.